The SMILES string of the molecule is COc1ccc(S(=O)(=O)N2CC(CO)OCC2C)cc1. The maximum Gasteiger partial charge on any atom is 0.243 e. The van der Waals surface area contributed by atoms with E-state index in [2.05, 4.69) is 0 Å². The summed E-state index contributed by atoms with van der Waals surface area (Å²) in [5.74, 6) is 0.604. The van der Waals surface area contributed by atoms with E-state index in [1.807, 2.05) is 0 Å². The number of hydrogen-bond donors (Lipinski definition) is 1. The molecule has 0 bridgehead atoms. The molecular formula is C13H19NO5S. The summed E-state index contributed by atoms with van der Waals surface area (Å²) >= 11 is 0. The van der Waals surface area contributed by atoms with Gasteiger partial charge in [0.1, 0.15) is 5.75 Å². The van der Waals surface area contributed by atoms with E-state index in [1.54, 1.807) is 19.1 Å². The molecule has 1 aliphatic heterocycles. The first-order chi connectivity index (χ1) is 9.48. The van der Waals surface area contributed by atoms with Crippen LogP contribution in [0.5, 0.6) is 5.75 Å². The van der Waals surface area contributed by atoms with E-state index < -0.39 is 16.1 Å². The maximum atomic E-state index is 12.6. The van der Waals surface area contributed by atoms with Crippen LogP contribution < -0.4 is 4.74 Å². The molecule has 0 spiro atoms. The van der Waals surface area contributed by atoms with Crippen LogP contribution in [-0.4, -0.2) is 56.8 Å². The molecule has 20 heavy (non-hydrogen) atoms. The number of methoxy groups -OCH3 is 1. The number of rotatable bonds is 4. The molecule has 1 aliphatic rings. The number of nitrogens with zero attached hydrogens (tertiary/aromatic N) is 1. The average molecular weight is 301 g/mol. The highest BCUT2D eigenvalue weighted by Crippen LogP contribution is 2.24. The molecule has 0 radical (unpaired) electrons. The summed E-state index contributed by atoms with van der Waals surface area (Å²) in [6.45, 7) is 2.03. The van der Waals surface area contributed by atoms with Gasteiger partial charge in [-0.2, -0.15) is 4.31 Å². The van der Waals surface area contributed by atoms with Crippen molar-refractivity contribution in [2.24, 2.45) is 0 Å². The lowest BCUT2D eigenvalue weighted by molar-refractivity contribution is -0.0516. The van der Waals surface area contributed by atoms with Gasteiger partial charge >= 0.3 is 0 Å². The summed E-state index contributed by atoms with van der Waals surface area (Å²) in [5.41, 5.74) is 0. The van der Waals surface area contributed by atoms with Crippen molar-refractivity contribution in [1.29, 1.82) is 0 Å². The third-order valence-electron chi connectivity index (χ3n) is 3.32. The Morgan fingerprint density at radius 3 is 2.60 bits per heavy atom. The fourth-order valence-electron chi connectivity index (χ4n) is 2.12. The molecule has 6 nitrogen and oxygen atoms in total. The molecule has 1 fully saturated rings. The van der Waals surface area contributed by atoms with Gasteiger partial charge in [-0.3, -0.25) is 0 Å². The third-order valence-corrected chi connectivity index (χ3v) is 5.31. The van der Waals surface area contributed by atoms with Crippen LogP contribution in [0.2, 0.25) is 0 Å². The molecular weight excluding hydrogens is 282 g/mol. The largest absolute Gasteiger partial charge is 0.497 e. The van der Waals surface area contributed by atoms with Gasteiger partial charge in [0.2, 0.25) is 10.0 Å². The molecule has 1 aromatic carbocycles. The highest BCUT2D eigenvalue weighted by Gasteiger charge is 2.35. The van der Waals surface area contributed by atoms with Crippen molar-refractivity contribution < 1.29 is 23.0 Å². The summed E-state index contributed by atoms with van der Waals surface area (Å²) in [6.07, 6.45) is -0.473. The summed E-state index contributed by atoms with van der Waals surface area (Å²) < 4.78 is 37.0. The van der Waals surface area contributed by atoms with E-state index in [-0.39, 0.29) is 30.7 Å². The number of aliphatic hydroxyl groups excluding tert-OH is 1. The van der Waals surface area contributed by atoms with Crippen LogP contribution in [0.4, 0.5) is 0 Å². The van der Waals surface area contributed by atoms with Crippen molar-refractivity contribution >= 4 is 10.0 Å². The Hall–Kier alpha value is -1.15. The highest BCUT2D eigenvalue weighted by molar-refractivity contribution is 7.89. The molecule has 2 rings (SSSR count). The second-order valence-corrected chi connectivity index (χ2v) is 6.63. The molecule has 2 atom stereocenters. The number of morpholine rings is 1. The van der Waals surface area contributed by atoms with Gasteiger partial charge in [-0.15, -0.1) is 0 Å². The molecule has 2 unspecified atom stereocenters. The molecule has 1 saturated heterocycles. The predicted molar refractivity (Wildman–Crippen MR) is 73.2 cm³/mol. The Labute approximate surface area is 119 Å². The average Bonchev–Trinajstić information content (AvgIpc) is 2.47. The number of hydrogen-bond acceptors (Lipinski definition) is 5. The zero-order chi connectivity index (χ0) is 14.8. The Morgan fingerprint density at radius 2 is 2.05 bits per heavy atom. The first-order valence-corrected chi connectivity index (χ1v) is 7.81. The molecule has 112 valence electrons. The van der Waals surface area contributed by atoms with Crippen molar-refractivity contribution in [3.05, 3.63) is 24.3 Å². The van der Waals surface area contributed by atoms with E-state index in [1.165, 1.54) is 23.5 Å². The summed E-state index contributed by atoms with van der Waals surface area (Å²) in [6, 6.07) is 6.00. The van der Waals surface area contributed by atoms with E-state index in [0.717, 1.165) is 0 Å². The molecule has 0 aliphatic carbocycles. The Kier molecular flexibility index (Phi) is 4.64. The van der Waals surface area contributed by atoms with Crippen molar-refractivity contribution in [1.82, 2.24) is 4.31 Å². The number of sulfonamides is 1. The molecule has 1 aromatic rings. The Morgan fingerprint density at radius 1 is 1.40 bits per heavy atom. The molecule has 7 heteroatoms. The quantitative estimate of drug-likeness (QED) is 0.874. The van der Waals surface area contributed by atoms with Gasteiger partial charge in [-0.05, 0) is 31.2 Å². The van der Waals surface area contributed by atoms with Crippen LogP contribution in [0.25, 0.3) is 0 Å². The number of ether oxygens (including phenoxy) is 2. The monoisotopic (exact) mass is 301 g/mol. The fraction of sp³-hybridized carbons (Fsp3) is 0.538. The lowest BCUT2D eigenvalue weighted by atomic mass is 10.2. The van der Waals surface area contributed by atoms with Crippen LogP contribution in [0.1, 0.15) is 6.92 Å². The second-order valence-electron chi connectivity index (χ2n) is 4.74. The van der Waals surface area contributed by atoms with Crippen molar-refractivity contribution in [3.63, 3.8) is 0 Å². The van der Waals surface area contributed by atoms with Crippen LogP contribution in [0.3, 0.4) is 0 Å². The topological polar surface area (TPSA) is 76.1 Å². The summed E-state index contributed by atoms with van der Waals surface area (Å²) in [7, 11) is -2.07. The Bertz CT molecular complexity index is 542. The number of benzene rings is 1. The van der Waals surface area contributed by atoms with Crippen molar-refractivity contribution in [2.45, 2.75) is 24.0 Å². The zero-order valence-electron chi connectivity index (χ0n) is 11.5. The van der Waals surface area contributed by atoms with E-state index in [0.29, 0.717) is 5.75 Å². The Balaban J connectivity index is 2.27. The highest BCUT2D eigenvalue weighted by atomic mass is 32.2. The van der Waals surface area contributed by atoms with E-state index in [4.69, 9.17) is 14.6 Å². The van der Waals surface area contributed by atoms with Crippen LogP contribution >= 0.6 is 0 Å². The molecule has 1 heterocycles. The lowest BCUT2D eigenvalue weighted by Crippen LogP contribution is -2.51. The van der Waals surface area contributed by atoms with Crippen LogP contribution in [0, 0.1) is 0 Å². The third kappa shape index (κ3) is 2.95. The van der Waals surface area contributed by atoms with Crippen LogP contribution in [0.15, 0.2) is 29.2 Å². The van der Waals surface area contributed by atoms with Crippen molar-refractivity contribution in [3.8, 4) is 5.75 Å². The van der Waals surface area contributed by atoms with Gasteiger partial charge in [-0.25, -0.2) is 8.42 Å². The van der Waals surface area contributed by atoms with Gasteiger partial charge < -0.3 is 14.6 Å². The van der Waals surface area contributed by atoms with Gasteiger partial charge in [0.05, 0.1) is 31.3 Å². The fourth-order valence-corrected chi connectivity index (χ4v) is 3.77. The first kappa shape index (κ1) is 15.2. The van der Waals surface area contributed by atoms with Crippen molar-refractivity contribution in [2.75, 3.05) is 26.9 Å². The zero-order valence-corrected chi connectivity index (χ0v) is 12.3. The van der Waals surface area contributed by atoms with Gasteiger partial charge in [0, 0.05) is 12.6 Å². The standard InChI is InChI=1S/C13H19NO5S/c1-10-9-19-12(8-15)7-14(10)20(16,17)13-5-3-11(18-2)4-6-13/h3-6,10,12,15H,7-9H2,1-2H3. The minimum atomic E-state index is -3.59. The number of aliphatic hydroxyl groups is 1. The molecule has 0 saturated carbocycles. The predicted octanol–water partition coefficient (Wildman–Crippen LogP) is 0.465. The van der Waals surface area contributed by atoms with Gasteiger partial charge in [0.15, 0.2) is 0 Å². The molecule has 1 N–H and O–H groups in total. The first-order valence-electron chi connectivity index (χ1n) is 6.37. The molecule has 0 amide bonds. The van der Waals surface area contributed by atoms with E-state index >= 15 is 0 Å². The van der Waals surface area contributed by atoms with Gasteiger partial charge in [-0.1, -0.05) is 0 Å². The molecule has 0 aromatic heterocycles. The minimum Gasteiger partial charge on any atom is -0.497 e. The smallest absolute Gasteiger partial charge is 0.243 e. The van der Waals surface area contributed by atoms with Gasteiger partial charge in [0.25, 0.3) is 0 Å². The van der Waals surface area contributed by atoms with Crippen LogP contribution in [-0.2, 0) is 14.8 Å². The normalized spacial score (nSPS) is 24.6. The van der Waals surface area contributed by atoms with E-state index in [9.17, 15) is 8.42 Å². The maximum absolute atomic E-state index is 12.6. The minimum absolute atomic E-state index is 0.159. The summed E-state index contributed by atoms with van der Waals surface area (Å²) in [5, 5.41) is 9.14. The second kappa shape index (κ2) is 6.09. The lowest BCUT2D eigenvalue weighted by Gasteiger charge is -2.36. The summed E-state index contributed by atoms with van der Waals surface area (Å²) in [4.78, 5) is 0.212.